The van der Waals surface area contributed by atoms with E-state index in [2.05, 4.69) is 19.7 Å². The Morgan fingerprint density at radius 3 is 2.69 bits per heavy atom. The maximum Gasteiger partial charge on any atom is 0.357 e. The van der Waals surface area contributed by atoms with E-state index in [1.807, 2.05) is 6.92 Å². The average Bonchev–Trinajstić information content (AvgIpc) is 2.71. The number of rotatable bonds is 2. The summed E-state index contributed by atoms with van der Waals surface area (Å²) in [4.78, 5) is 24.5. The molecule has 0 aliphatic heterocycles. The Hall–Kier alpha value is -1.82. The van der Waals surface area contributed by atoms with Crippen LogP contribution >= 0.6 is 11.3 Å². The van der Waals surface area contributed by atoms with Crippen LogP contribution in [0.3, 0.4) is 0 Å². The van der Waals surface area contributed by atoms with Crippen molar-refractivity contribution in [3.8, 4) is 10.8 Å². The number of methoxy groups -OCH3 is 1. The highest BCUT2D eigenvalue weighted by atomic mass is 32.1. The molecule has 0 saturated carbocycles. The van der Waals surface area contributed by atoms with Crippen molar-refractivity contribution in [2.45, 2.75) is 6.92 Å². The number of esters is 1. The molecule has 0 radical (unpaired) electrons. The van der Waals surface area contributed by atoms with Crippen molar-refractivity contribution in [1.29, 1.82) is 0 Å². The van der Waals surface area contributed by atoms with Crippen LogP contribution in [-0.4, -0.2) is 28.0 Å². The molecule has 82 valence electrons. The lowest BCUT2D eigenvalue weighted by atomic mass is 10.4. The van der Waals surface area contributed by atoms with Gasteiger partial charge >= 0.3 is 5.97 Å². The molecule has 0 aliphatic carbocycles. The van der Waals surface area contributed by atoms with E-state index in [9.17, 15) is 4.79 Å². The quantitative estimate of drug-likeness (QED) is 0.741. The van der Waals surface area contributed by atoms with E-state index < -0.39 is 5.97 Å². The summed E-state index contributed by atoms with van der Waals surface area (Å²) in [6.45, 7) is 1.82. The first-order valence-electron chi connectivity index (χ1n) is 4.55. The first-order valence-corrected chi connectivity index (χ1v) is 5.37. The van der Waals surface area contributed by atoms with Gasteiger partial charge in [-0.05, 0) is 13.0 Å². The summed E-state index contributed by atoms with van der Waals surface area (Å²) in [6.07, 6.45) is 3.27. The predicted molar refractivity (Wildman–Crippen MR) is 59.2 cm³/mol. The minimum Gasteiger partial charge on any atom is -0.464 e. The smallest absolute Gasteiger partial charge is 0.357 e. The SMILES string of the molecule is COC(=O)c1nc(-c2ncccn2)sc1C. The number of aromatic nitrogens is 3. The molecule has 2 heterocycles. The van der Waals surface area contributed by atoms with E-state index in [0.717, 1.165) is 4.88 Å². The zero-order valence-corrected chi connectivity index (χ0v) is 9.61. The molecule has 0 bridgehead atoms. The lowest BCUT2D eigenvalue weighted by Crippen LogP contribution is -2.03. The van der Waals surface area contributed by atoms with E-state index in [0.29, 0.717) is 16.5 Å². The van der Waals surface area contributed by atoms with Crippen LogP contribution in [-0.2, 0) is 4.74 Å². The Balaban J connectivity index is 2.42. The van der Waals surface area contributed by atoms with Gasteiger partial charge in [-0.2, -0.15) is 0 Å². The van der Waals surface area contributed by atoms with Gasteiger partial charge in [0.25, 0.3) is 0 Å². The van der Waals surface area contributed by atoms with E-state index in [1.54, 1.807) is 18.5 Å². The number of hydrogen-bond donors (Lipinski definition) is 0. The molecule has 0 fully saturated rings. The Kier molecular flexibility index (Phi) is 2.91. The Morgan fingerprint density at radius 2 is 2.06 bits per heavy atom. The average molecular weight is 235 g/mol. The number of nitrogens with zero attached hydrogens (tertiary/aromatic N) is 3. The summed E-state index contributed by atoms with van der Waals surface area (Å²) in [5, 5.41) is 0.624. The lowest BCUT2D eigenvalue weighted by Gasteiger charge is -1.93. The number of hydrogen-bond acceptors (Lipinski definition) is 6. The minimum atomic E-state index is -0.434. The van der Waals surface area contributed by atoms with Gasteiger partial charge in [0.2, 0.25) is 0 Å². The molecular formula is C10H9N3O2S. The molecule has 0 aliphatic rings. The van der Waals surface area contributed by atoms with Gasteiger partial charge in [0.05, 0.1) is 7.11 Å². The van der Waals surface area contributed by atoms with Crippen LogP contribution in [0.15, 0.2) is 18.5 Å². The zero-order valence-electron chi connectivity index (χ0n) is 8.80. The molecule has 0 unspecified atom stereocenters. The standard InChI is InChI=1S/C10H9N3O2S/c1-6-7(10(14)15-2)13-9(16-6)8-11-4-3-5-12-8/h3-5H,1-2H3. The van der Waals surface area contributed by atoms with E-state index in [1.165, 1.54) is 18.4 Å². The summed E-state index contributed by atoms with van der Waals surface area (Å²) in [6, 6.07) is 1.73. The minimum absolute atomic E-state index is 0.329. The van der Waals surface area contributed by atoms with Crippen molar-refractivity contribution in [3.63, 3.8) is 0 Å². The fourth-order valence-corrected chi connectivity index (χ4v) is 2.04. The van der Waals surface area contributed by atoms with E-state index in [4.69, 9.17) is 0 Å². The molecule has 0 aromatic carbocycles. The predicted octanol–water partition coefficient (Wildman–Crippen LogP) is 1.70. The first-order chi connectivity index (χ1) is 7.72. The Labute approximate surface area is 96.2 Å². The maximum atomic E-state index is 11.4. The molecule has 5 nitrogen and oxygen atoms in total. The zero-order chi connectivity index (χ0) is 11.5. The highest BCUT2D eigenvalue weighted by molar-refractivity contribution is 7.15. The second-order valence-corrected chi connectivity index (χ2v) is 4.19. The van der Waals surface area contributed by atoms with E-state index in [-0.39, 0.29) is 0 Å². The number of carbonyl (C=O) groups excluding carboxylic acids is 1. The molecule has 2 aromatic rings. The highest BCUT2D eigenvalue weighted by Crippen LogP contribution is 2.24. The molecule has 2 rings (SSSR count). The monoisotopic (exact) mass is 235 g/mol. The van der Waals surface area contributed by atoms with Crippen molar-refractivity contribution in [2.75, 3.05) is 7.11 Å². The molecule has 0 spiro atoms. The molecule has 2 aromatic heterocycles. The van der Waals surface area contributed by atoms with Gasteiger partial charge in [0.1, 0.15) is 0 Å². The lowest BCUT2D eigenvalue weighted by molar-refractivity contribution is 0.0594. The van der Waals surface area contributed by atoms with Crippen LogP contribution < -0.4 is 0 Å². The molecule has 0 amide bonds. The van der Waals surface area contributed by atoms with Crippen LogP contribution in [0.25, 0.3) is 10.8 Å². The van der Waals surface area contributed by atoms with E-state index >= 15 is 0 Å². The summed E-state index contributed by atoms with van der Waals surface area (Å²) in [7, 11) is 1.33. The molecular weight excluding hydrogens is 226 g/mol. The van der Waals surface area contributed by atoms with Gasteiger partial charge in [0, 0.05) is 17.3 Å². The number of aryl methyl sites for hydroxylation is 1. The Bertz CT molecular complexity index is 510. The molecule has 0 N–H and O–H groups in total. The number of thiazole rings is 1. The molecule has 0 saturated heterocycles. The highest BCUT2D eigenvalue weighted by Gasteiger charge is 2.17. The van der Waals surface area contributed by atoms with Crippen molar-refractivity contribution in [1.82, 2.24) is 15.0 Å². The van der Waals surface area contributed by atoms with Crippen molar-refractivity contribution in [2.24, 2.45) is 0 Å². The molecule has 0 atom stereocenters. The maximum absolute atomic E-state index is 11.4. The molecule has 16 heavy (non-hydrogen) atoms. The van der Waals surface area contributed by atoms with Gasteiger partial charge < -0.3 is 4.74 Å². The van der Waals surface area contributed by atoms with Gasteiger partial charge in [-0.25, -0.2) is 19.7 Å². The van der Waals surface area contributed by atoms with Gasteiger partial charge in [0.15, 0.2) is 16.5 Å². The fourth-order valence-electron chi connectivity index (χ4n) is 1.19. The fraction of sp³-hybridized carbons (Fsp3) is 0.200. The second kappa shape index (κ2) is 4.36. The summed E-state index contributed by atoms with van der Waals surface area (Å²) in [5.41, 5.74) is 0.329. The van der Waals surface area contributed by atoms with Crippen molar-refractivity contribution < 1.29 is 9.53 Å². The van der Waals surface area contributed by atoms with Gasteiger partial charge in [-0.3, -0.25) is 0 Å². The van der Waals surface area contributed by atoms with Crippen LogP contribution in [0.2, 0.25) is 0 Å². The van der Waals surface area contributed by atoms with Crippen LogP contribution in [0.5, 0.6) is 0 Å². The normalized spacial score (nSPS) is 10.1. The van der Waals surface area contributed by atoms with Gasteiger partial charge in [-0.1, -0.05) is 0 Å². The van der Waals surface area contributed by atoms with Crippen LogP contribution in [0.1, 0.15) is 15.4 Å². The van der Waals surface area contributed by atoms with Crippen molar-refractivity contribution in [3.05, 3.63) is 29.0 Å². The second-order valence-electron chi connectivity index (χ2n) is 2.99. The van der Waals surface area contributed by atoms with Crippen LogP contribution in [0.4, 0.5) is 0 Å². The third kappa shape index (κ3) is 1.92. The largest absolute Gasteiger partial charge is 0.464 e. The summed E-state index contributed by atoms with van der Waals surface area (Å²) < 4.78 is 4.63. The third-order valence-electron chi connectivity index (χ3n) is 1.93. The topological polar surface area (TPSA) is 65.0 Å². The number of ether oxygens (including phenoxy) is 1. The molecule has 6 heteroatoms. The Morgan fingerprint density at radius 1 is 1.38 bits per heavy atom. The first kappa shape index (κ1) is 10.7. The number of carbonyl (C=O) groups is 1. The summed E-state index contributed by atoms with van der Waals surface area (Å²) >= 11 is 1.37. The third-order valence-corrected chi connectivity index (χ3v) is 2.90. The van der Waals surface area contributed by atoms with Crippen molar-refractivity contribution >= 4 is 17.3 Å². The van der Waals surface area contributed by atoms with Gasteiger partial charge in [-0.15, -0.1) is 11.3 Å². The van der Waals surface area contributed by atoms with Crippen LogP contribution in [0, 0.1) is 6.92 Å². The summed E-state index contributed by atoms with van der Waals surface area (Å²) in [5.74, 6) is 0.0849.